The molecule has 0 bridgehead atoms. The van der Waals surface area contributed by atoms with E-state index in [0.717, 1.165) is 0 Å². The molecule has 0 aliphatic heterocycles. The highest BCUT2D eigenvalue weighted by Crippen LogP contribution is 2.25. The van der Waals surface area contributed by atoms with Crippen molar-refractivity contribution in [3.05, 3.63) is 23.8 Å². The molecule has 2 N–H and O–H groups in total. The number of methoxy groups -OCH3 is 1. The Labute approximate surface area is 134 Å². The Kier molecular flexibility index (Phi) is 8.74. The molecule has 8 heteroatoms. The second-order valence-corrected chi connectivity index (χ2v) is 4.40. The Morgan fingerprint density at radius 2 is 2.09 bits per heavy atom. The molecule has 0 aromatic heterocycles. The van der Waals surface area contributed by atoms with Crippen LogP contribution in [-0.4, -0.2) is 46.5 Å². The van der Waals surface area contributed by atoms with Crippen molar-refractivity contribution in [2.45, 2.75) is 20.1 Å². The summed E-state index contributed by atoms with van der Waals surface area (Å²) in [6.45, 7) is 1.08. The number of benzene rings is 1. The van der Waals surface area contributed by atoms with Crippen molar-refractivity contribution in [2.24, 2.45) is 4.99 Å². The minimum absolute atomic E-state index is 0.0954. The first kappa shape index (κ1) is 19.0. The van der Waals surface area contributed by atoms with Crippen LogP contribution < -0.4 is 20.1 Å². The highest BCUT2D eigenvalue weighted by molar-refractivity contribution is 5.79. The number of alkyl halides is 2. The molecule has 0 amide bonds. The molecule has 0 fully saturated rings. The summed E-state index contributed by atoms with van der Waals surface area (Å²) < 4.78 is 39.8. The SMILES string of the molecule is CCOCCNC(=NC)NCc1cc(OC)ccc1OC(F)F. The average Bonchev–Trinajstić information content (AvgIpc) is 2.54. The lowest BCUT2D eigenvalue weighted by Crippen LogP contribution is -2.38. The number of aliphatic imine (C=N–C) groups is 1. The second-order valence-electron chi connectivity index (χ2n) is 4.40. The van der Waals surface area contributed by atoms with Gasteiger partial charge in [0.15, 0.2) is 5.96 Å². The number of nitrogens with zero attached hydrogens (tertiary/aromatic N) is 1. The third-order valence-electron chi connectivity index (χ3n) is 2.90. The molecule has 0 unspecified atom stereocenters. The van der Waals surface area contributed by atoms with Gasteiger partial charge in [0.05, 0.1) is 13.7 Å². The molecule has 23 heavy (non-hydrogen) atoms. The lowest BCUT2D eigenvalue weighted by Gasteiger charge is -2.15. The van der Waals surface area contributed by atoms with E-state index in [0.29, 0.717) is 37.0 Å². The maximum absolute atomic E-state index is 12.5. The minimum atomic E-state index is -2.88. The van der Waals surface area contributed by atoms with Crippen molar-refractivity contribution >= 4 is 5.96 Å². The van der Waals surface area contributed by atoms with Gasteiger partial charge in [-0.1, -0.05) is 0 Å². The fourth-order valence-electron chi connectivity index (χ4n) is 1.82. The molecular weight excluding hydrogens is 308 g/mol. The molecule has 0 aliphatic carbocycles. The third kappa shape index (κ3) is 7.14. The van der Waals surface area contributed by atoms with E-state index in [-0.39, 0.29) is 12.3 Å². The van der Waals surface area contributed by atoms with Crippen molar-refractivity contribution < 1.29 is 23.0 Å². The average molecular weight is 331 g/mol. The lowest BCUT2D eigenvalue weighted by atomic mass is 10.2. The highest BCUT2D eigenvalue weighted by Gasteiger charge is 2.11. The lowest BCUT2D eigenvalue weighted by molar-refractivity contribution is -0.0504. The van der Waals surface area contributed by atoms with Gasteiger partial charge in [0.2, 0.25) is 0 Å². The van der Waals surface area contributed by atoms with Gasteiger partial charge in [-0.3, -0.25) is 4.99 Å². The maximum atomic E-state index is 12.5. The summed E-state index contributed by atoms with van der Waals surface area (Å²) in [4.78, 5) is 4.05. The smallest absolute Gasteiger partial charge is 0.387 e. The van der Waals surface area contributed by atoms with E-state index in [2.05, 4.69) is 20.4 Å². The molecule has 0 saturated carbocycles. The van der Waals surface area contributed by atoms with Crippen LogP contribution >= 0.6 is 0 Å². The summed E-state index contributed by atoms with van der Waals surface area (Å²) in [5.74, 6) is 1.19. The maximum Gasteiger partial charge on any atom is 0.387 e. The van der Waals surface area contributed by atoms with Crippen LogP contribution in [0.4, 0.5) is 8.78 Å². The van der Waals surface area contributed by atoms with Gasteiger partial charge in [0.25, 0.3) is 0 Å². The first-order valence-corrected chi connectivity index (χ1v) is 7.24. The Balaban J connectivity index is 2.66. The Bertz CT molecular complexity index is 499. The zero-order valence-electron chi connectivity index (χ0n) is 13.6. The quantitative estimate of drug-likeness (QED) is 0.412. The summed E-state index contributed by atoms with van der Waals surface area (Å²) in [7, 11) is 3.13. The van der Waals surface area contributed by atoms with Crippen LogP contribution in [0.25, 0.3) is 0 Å². The molecule has 1 rings (SSSR count). The zero-order chi connectivity index (χ0) is 17.1. The third-order valence-corrected chi connectivity index (χ3v) is 2.90. The van der Waals surface area contributed by atoms with E-state index < -0.39 is 6.61 Å². The summed E-state index contributed by atoms with van der Waals surface area (Å²) in [6, 6.07) is 4.65. The molecule has 0 radical (unpaired) electrons. The van der Waals surface area contributed by atoms with Crippen molar-refractivity contribution in [2.75, 3.05) is 33.9 Å². The van der Waals surface area contributed by atoms with Crippen LogP contribution in [0.1, 0.15) is 12.5 Å². The minimum Gasteiger partial charge on any atom is -0.497 e. The van der Waals surface area contributed by atoms with Crippen LogP contribution in [0, 0.1) is 0 Å². The van der Waals surface area contributed by atoms with E-state index >= 15 is 0 Å². The molecule has 130 valence electrons. The van der Waals surface area contributed by atoms with E-state index in [1.54, 1.807) is 19.2 Å². The van der Waals surface area contributed by atoms with Crippen molar-refractivity contribution in [1.82, 2.24) is 10.6 Å². The van der Waals surface area contributed by atoms with Gasteiger partial charge in [-0.2, -0.15) is 8.78 Å². The Morgan fingerprint density at radius 1 is 1.30 bits per heavy atom. The van der Waals surface area contributed by atoms with Crippen LogP contribution in [0.15, 0.2) is 23.2 Å². The van der Waals surface area contributed by atoms with Gasteiger partial charge >= 0.3 is 6.61 Å². The Morgan fingerprint density at radius 3 is 2.70 bits per heavy atom. The summed E-state index contributed by atoms with van der Waals surface area (Å²) in [5, 5.41) is 6.09. The predicted octanol–water partition coefficient (Wildman–Crippen LogP) is 2.00. The number of rotatable bonds is 9. The summed E-state index contributed by atoms with van der Waals surface area (Å²) in [5.41, 5.74) is 0.539. The molecule has 0 heterocycles. The van der Waals surface area contributed by atoms with Gasteiger partial charge in [-0.05, 0) is 25.1 Å². The first-order chi connectivity index (χ1) is 11.1. The number of hydrogen-bond acceptors (Lipinski definition) is 4. The van der Waals surface area contributed by atoms with Crippen LogP contribution in [0.2, 0.25) is 0 Å². The highest BCUT2D eigenvalue weighted by atomic mass is 19.3. The van der Waals surface area contributed by atoms with Crippen molar-refractivity contribution in [1.29, 1.82) is 0 Å². The normalized spacial score (nSPS) is 11.5. The monoisotopic (exact) mass is 331 g/mol. The molecule has 0 saturated heterocycles. The number of nitrogens with one attached hydrogen (secondary N) is 2. The number of ether oxygens (including phenoxy) is 3. The van der Waals surface area contributed by atoms with Gasteiger partial charge in [-0.25, -0.2) is 0 Å². The Hall–Kier alpha value is -2.09. The molecule has 6 nitrogen and oxygen atoms in total. The predicted molar refractivity (Wildman–Crippen MR) is 84.3 cm³/mol. The zero-order valence-corrected chi connectivity index (χ0v) is 13.6. The first-order valence-electron chi connectivity index (χ1n) is 7.24. The molecule has 1 aromatic rings. The molecule has 0 aliphatic rings. The van der Waals surface area contributed by atoms with Crippen LogP contribution in [0.3, 0.4) is 0 Å². The molecule has 0 atom stereocenters. The van der Waals surface area contributed by atoms with Crippen molar-refractivity contribution in [3.8, 4) is 11.5 Å². The van der Waals surface area contributed by atoms with E-state index in [4.69, 9.17) is 9.47 Å². The fraction of sp³-hybridized carbons (Fsp3) is 0.533. The fourth-order valence-corrected chi connectivity index (χ4v) is 1.82. The van der Waals surface area contributed by atoms with Crippen LogP contribution in [0.5, 0.6) is 11.5 Å². The molecular formula is C15H23F2N3O3. The standard InChI is InChI=1S/C15H23F2N3O3/c1-4-22-8-7-19-15(18-2)20-10-11-9-12(21-3)5-6-13(11)23-14(16)17/h5-6,9,14H,4,7-8,10H2,1-3H3,(H2,18,19,20). The van der Waals surface area contributed by atoms with Gasteiger partial charge in [0.1, 0.15) is 11.5 Å². The summed E-state index contributed by atoms with van der Waals surface area (Å²) in [6.07, 6.45) is 0. The van der Waals surface area contributed by atoms with E-state index in [1.165, 1.54) is 13.2 Å². The van der Waals surface area contributed by atoms with Gasteiger partial charge < -0.3 is 24.8 Å². The van der Waals surface area contributed by atoms with Gasteiger partial charge in [-0.15, -0.1) is 0 Å². The largest absolute Gasteiger partial charge is 0.497 e. The van der Waals surface area contributed by atoms with Gasteiger partial charge in [0, 0.05) is 32.3 Å². The molecule has 0 spiro atoms. The number of halogens is 2. The van der Waals surface area contributed by atoms with E-state index in [9.17, 15) is 8.78 Å². The topological polar surface area (TPSA) is 64.1 Å². The van der Waals surface area contributed by atoms with E-state index in [1.807, 2.05) is 6.92 Å². The number of guanidine groups is 1. The van der Waals surface area contributed by atoms with Crippen molar-refractivity contribution in [3.63, 3.8) is 0 Å². The summed E-state index contributed by atoms with van der Waals surface area (Å²) >= 11 is 0. The van der Waals surface area contributed by atoms with Crippen LogP contribution in [-0.2, 0) is 11.3 Å². The second kappa shape index (κ2) is 10.6. The number of hydrogen-bond donors (Lipinski definition) is 2. The molecule has 1 aromatic carbocycles.